The lowest BCUT2D eigenvalue weighted by molar-refractivity contribution is -0.144. The number of alkyl halides is 3. The lowest BCUT2D eigenvalue weighted by atomic mass is 10.00. The van der Waals surface area contributed by atoms with Crippen LogP contribution >= 0.6 is 0 Å². The first-order valence-electron chi connectivity index (χ1n) is 6.53. The van der Waals surface area contributed by atoms with Crippen LogP contribution in [-0.4, -0.2) is 29.1 Å². The largest absolute Gasteiger partial charge is 0.480 e. The van der Waals surface area contributed by atoms with Gasteiger partial charge >= 0.3 is 12.1 Å². The highest BCUT2D eigenvalue weighted by atomic mass is 19.4. The van der Waals surface area contributed by atoms with Gasteiger partial charge in [0.05, 0.1) is 5.56 Å². The number of halogens is 3. The smallest absolute Gasteiger partial charge is 0.416 e. The highest BCUT2D eigenvalue weighted by Gasteiger charge is 2.33. The summed E-state index contributed by atoms with van der Waals surface area (Å²) in [5.41, 5.74) is -0.618. The Hall–Kier alpha value is -1.56. The van der Waals surface area contributed by atoms with E-state index in [2.05, 4.69) is 0 Å². The van der Waals surface area contributed by atoms with E-state index in [-0.39, 0.29) is 5.56 Å². The Bertz CT molecular complexity index is 482. The lowest BCUT2D eigenvalue weighted by Gasteiger charge is -2.32. The SMILES string of the molecule is O=C(O)[C@@H](c1cccc(C(F)(F)F)c1)N1CCCCC1. The Morgan fingerprint density at radius 3 is 2.40 bits per heavy atom. The molecule has 110 valence electrons. The summed E-state index contributed by atoms with van der Waals surface area (Å²) >= 11 is 0. The maximum absolute atomic E-state index is 12.7. The number of carbonyl (C=O) groups is 1. The van der Waals surface area contributed by atoms with Gasteiger partial charge in [0, 0.05) is 0 Å². The standard InChI is InChI=1S/C14H16F3NO2/c15-14(16,17)11-6-4-5-10(9-11)12(13(19)20)18-7-2-1-3-8-18/h4-6,9,12H,1-3,7-8H2,(H,19,20)/t12-/m1/s1. The van der Waals surface area contributed by atoms with Gasteiger partial charge in [-0.2, -0.15) is 13.2 Å². The zero-order valence-electron chi connectivity index (χ0n) is 10.9. The predicted molar refractivity (Wildman–Crippen MR) is 67.2 cm³/mol. The number of hydrogen-bond donors (Lipinski definition) is 1. The van der Waals surface area contributed by atoms with E-state index < -0.39 is 23.8 Å². The Balaban J connectivity index is 2.32. The van der Waals surface area contributed by atoms with Crippen molar-refractivity contribution < 1.29 is 23.1 Å². The quantitative estimate of drug-likeness (QED) is 0.927. The first-order valence-corrected chi connectivity index (χ1v) is 6.53. The summed E-state index contributed by atoms with van der Waals surface area (Å²) in [5, 5.41) is 9.35. The maximum atomic E-state index is 12.7. The first-order chi connectivity index (χ1) is 9.39. The van der Waals surface area contributed by atoms with Gasteiger partial charge in [0.1, 0.15) is 6.04 Å². The number of benzene rings is 1. The number of carboxylic acid groups (broad SMARTS) is 1. The minimum absolute atomic E-state index is 0.189. The third kappa shape index (κ3) is 3.30. The highest BCUT2D eigenvalue weighted by molar-refractivity contribution is 5.75. The summed E-state index contributed by atoms with van der Waals surface area (Å²) in [6.45, 7) is 1.21. The normalized spacial score (nSPS) is 18.8. The molecule has 0 unspecified atom stereocenters. The van der Waals surface area contributed by atoms with E-state index in [1.807, 2.05) is 0 Å². The van der Waals surface area contributed by atoms with Crippen molar-refractivity contribution in [2.75, 3.05) is 13.1 Å². The number of hydrogen-bond acceptors (Lipinski definition) is 2. The Morgan fingerprint density at radius 2 is 1.85 bits per heavy atom. The van der Waals surface area contributed by atoms with Gasteiger partial charge in [0.2, 0.25) is 0 Å². The van der Waals surface area contributed by atoms with E-state index in [1.165, 1.54) is 12.1 Å². The molecule has 1 aliphatic heterocycles. The lowest BCUT2D eigenvalue weighted by Crippen LogP contribution is -2.38. The number of piperidine rings is 1. The number of likely N-dealkylation sites (tertiary alicyclic amines) is 1. The van der Waals surface area contributed by atoms with Crippen LogP contribution in [0.5, 0.6) is 0 Å². The molecule has 0 aromatic heterocycles. The molecule has 0 saturated carbocycles. The first kappa shape index (κ1) is 14.8. The third-order valence-electron chi connectivity index (χ3n) is 3.52. The molecular weight excluding hydrogens is 271 g/mol. The van der Waals surface area contributed by atoms with Crippen molar-refractivity contribution in [1.82, 2.24) is 4.90 Å². The molecule has 0 aliphatic carbocycles. The van der Waals surface area contributed by atoms with Crippen LogP contribution in [0.25, 0.3) is 0 Å². The van der Waals surface area contributed by atoms with Crippen LogP contribution in [0.15, 0.2) is 24.3 Å². The van der Waals surface area contributed by atoms with Gasteiger partial charge in [-0.05, 0) is 43.6 Å². The van der Waals surface area contributed by atoms with E-state index in [4.69, 9.17) is 0 Å². The molecule has 1 saturated heterocycles. The average Bonchev–Trinajstić information content (AvgIpc) is 2.39. The summed E-state index contributed by atoms with van der Waals surface area (Å²) in [5.74, 6) is -1.11. The molecule has 1 atom stereocenters. The van der Waals surface area contributed by atoms with Crippen LogP contribution < -0.4 is 0 Å². The van der Waals surface area contributed by atoms with Gasteiger partial charge in [-0.25, -0.2) is 0 Å². The highest BCUT2D eigenvalue weighted by Crippen LogP contribution is 2.32. The number of nitrogens with zero attached hydrogens (tertiary/aromatic N) is 1. The van der Waals surface area contributed by atoms with Gasteiger partial charge in [0.15, 0.2) is 0 Å². The average molecular weight is 287 g/mol. The molecule has 2 rings (SSSR count). The van der Waals surface area contributed by atoms with Crippen molar-refractivity contribution in [3.63, 3.8) is 0 Å². The van der Waals surface area contributed by atoms with Crippen molar-refractivity contribution in [3.05, 3.63) is 35.4 Å². The molecule has 1 aliphatic rings. The van der Waals surface area contributed by atoms with Crippen molar-refractivity contribution >= 4 is 5.97 Å². The van der Waals surface area contributed by atoms with E-state index >= 15 is 0 Å². The van der Waals surface area contributed by atoms with Crippen molar-refractivity contribution in [3.8, 4) is 0 Å². The molecule has 1 N–H and O–H groups in total. The third-order valence-corrected chi connectivity index (χ3v) is 3.52. The predicted octanol–water partition coefficient (Wildman–Crippen LogP) is 3.32. The van der Waals surface area contributed by atoms with E-state index in [0.717, 1.165) is 31.4 Å². The Labute approximate surface area is 115 Å². The topological polar surface area (TPSA) is 40.5 Å². The van der Waals surface area contributed by atoms with Crippen LogP contribution in [0.1, 0.15) is 36.4 Å². The zero-order valence-corrected chi connectivity index (χ0v) is 10.9. The number of carboxylic acids is 1. The van der Waals surface area contributed by atoms with Crippen LogP contribution in [0.2, 0.25) is 0 Å². The molecule has 0 radical (unpaired) electrons. The van der Waals surface area contributed by atoms with Gasteiger partial charge in [0.25, 0.3) is 0 Å². The second-order valence-corrected chi connectivity index (χ2v) is 4.96. The Morgan fingerprint density at radius 1 is 1.20 bits per heavy atom. The van der Waals surface area contributed by atoms with Crippen LogP contribution in [0, 0.1) is 0 Å². The molecule has 0 amide bonds. The summed E-state index contributed by atoms with van der Waals surface area (Å²) in [6, 6.07) is 3.60. The van der Waals surface area contributed by atoms with Gasteiger partial charge < -0.3 is 5.11 Å². The molecule has 1 aromatic carbocycles. The molecule has 6 heteroatoms. The minimum Gasteiger partial charge on any atom is -0.480 e. The summed E-state index contributed by atoms with van der Waals surface area (Å²) in [4.78, 5) is 13.2. The van der Waals surface area contributed by atoms with Crippen LogP contribution in [0.3, 0.4) is 0 Å². The van der Waals surface area contributed by atoms with E-state index in [0.29, 0.717) is 13.1 Å². The number of rotatable bonds is 3. The second-order valence-electron chi connectivity index (χ2n) is 4.96. The van der Waals surface area contributed by atoms with Gasteiger partial charge in [-0.15, -0.1) is 0 Å². The minimum atomic E-state index is -4.46. The van der Waals surface area contributed by atoms with E-state index in [1.54, 1.807) is 4.90 Å². The van der Waals surface area contributed by atoms with Gasteiger partial charge in [-0.3, -0.25) is 9.69 Å². The van der Waals surface area contributed by atoms with Gasteiger partial charge in [-0.1, -0.05) is 18.6 Å². The maximum Gasteiger partial charge on any atom is 0.416 e. The summed E-state index contributed by atoms with van der Waals surface area (Å²) < 4.78 is 38.1. The molecular formula is C14H16F3NO2. The monoisotopic (exact) mass is 287 g/mol. The molecule has 20 heavy (non-hydrogen) atoms. The molecule has 0 bridgehead atoms. The fraction of sp³-hybridized carbons (Fsp3) is 0.500. The molecule has 1 aromatic rings. The second kappa shape index (κ2) is 5.83. The molecule has 1 fully saturated rings. The van der Waals surface area contributed by atoms with Crippen molar-refractivity contribution in [2.24, 2.45) is 0 Å². The Kier molecular flexibility index (Phi) is 4.32. The fourth-order valence-electron chi connectivity index (χ4n) is 2.57. The van der Waals surface area contributed by atoms with Crippen molar-refractivity contribution in [1.29, 1.82) is 0 Å². The summed E-state index contributed by atoms with van der Waals surface area (Å²) in [7, 11) is 0. The fourth-order valence-corrected chi connectivity index (χ4v) is 2.57. The molecule has 0 spiro atoms. The molecule has 3 nitrogen and oxygen atoms in total. The van der Waals surface area contributed by atoms with Crippen molar-refractivity contribution in [2.45, 2.75) is 31.5 Å². The van der Waals surface area contributed by atoms with E-state index in [9.17, 15) is 23.1 Å². The number of aliphatic carboxylic acids is 1. The molecule has 1 heterocycles. The summed E-state index contributed by atoms with van der Waals surface area (Å²) in [6.07, 6.45) is -1.67. The zero-order chi connectivity index (χ0) is 14.8. The van der Waals surface area contributed by atoms with Crippen LogP contribution in [-0.2, 0) is 11.0 Å². The van der Waals surface area contributed by atoms with Crippen LogP contribution in [0.4, 0.5) is 13.2 Å².